The van der Waals surface area contributed by atoms with Crippen molar-refractivity contribution in [2.45, 2.75) is 31.8 Å². The molecule has 0 unspecified atom stereocenters. The Labute approximate surface area is 91.8 Å². The van der Waals surface area contributed by atoms with Crippen molar-refractivity contribution in [3.05, 3.63) is 17.7 Å². The highest BCUT2D eigenvalue weighted by Crippen LogP contribution is 2.26. The molecule has 1 fully saturated rings. The van der Waals surface area contributed by atoms with Crippen molar-refractivity contribution in [2.24, 2.45) is 5.84 Å². The molecule has 0 aliphatic heterocycles. The minimum Gasteiger partial charge on any atom is -0.472 e. The molecule has 1 heterocycles. The number of pyridine rings is 1. The van der Waals surface area contributed by atoms with Crippen LogP contribution in [0.5, 0.6) is 5.88 Å². The predicted octanol–water partition coefficient (Wildman–Crippen LogP) is 1.97. The number of aromatic nitrogens is 1. The van der Waals surface area contributed by atoms with Crippen LogP contribution in [-0.4, -0.2) is 11.1 Å². The summed E-state index contributed by atoms with van der Waals surface area (Å²) in [5.74, 6) is 3.00. The van der Waals surface area contributed by atoms with E-state index in [1.165, 1.54) is 0 Å². The van der Waals surface area contributed by atoms with Crippen LogP contribution in [-0.2, 0) is 0 Å². The third-order valence-corrected chi connectivity index (χ3v) is 2.61. The van der Waals surface area contributed by atoms with E-state index in [9.17, 15) is 8.78 Å². The summed E-state index contributed by atoms with van der Waals surface area (Å²) in [6.07, 6.45) is 3.86. The Balaban J connectivity index is 2.18. The van der Waals surface area contributed by atoms with Crippen LogP contribution < -0.4 is 16.0 Å². The molecule has 3 N–H and O–H groups in total. The van der Waals surface area contributed by atoms with Gasteiger partial charge in [-0.15, -0.1) is 0 Å². The van der Waals surface area contributed by atoms with Crippen LogP contribution in [0, 0.1) is 11.6 Å². The minimum absolute atomic E-state index is 0.0296. The van der Waals surface area contributed by atoms with Crippen LogP contribution in [0.2, 0.25) is 0 Å². The molecule has 0 radical (unpaired) electrons. The first-order chi connectivity index (χ1) is 7.70. The standard InChI is InChI=1S/C10H13F2N3O/c11-7-5-8(12)10(14-9(7)15-13)16-6-3-1-2-4-6/h5-6H,1-4,13H2,(H,14,15). The fraction of sp³-hybridized carbons (Fsp3) is 0.500. The predicted molar refractivity (Wildman–Crippen MR) is 54.8 cm³/mol. The minimum atomic E-state index is -0.834. The molecule has 4 nitrogen and oxygen atoms in total. The van der Waals surface area contributed by atoms with Gasteiger partial charge < -0.3 is 10.2 Å². The topological polar surface area (TPSA) is 60.2 Å². The molecule has 0 saturated heterocycles. The first-order valence-electron chi connectivity index (χ1n) is 5.20. The van der Waals surface area contributed by atoms with Crippen LogP contribution in [0.3, 0.4) is 0 Å². The average molecular weight is 229 g/mol. The van der Waals surface area contributed by atoms with E-state index in [4.69, 9.17) is 10.6 Å². The second-order valence-electron chi connectivity index (χ2n) is 3.77. The zero-order valence-electron chi connectivity index (χ0n) is 8.67. The largest absolute Gasteiger partial charge is 0.472 e. The zero-order valence-corrected chi connectivity index (χ0v) is 8.67. The molecule has 2 rings (SSSR count). The van der Waals surface area contributed by atoms with Crippen LogP contribution >= 0.6 is 0 Å². The molecule has 1 aliphatic rings. The lowest BCUT2D eigenvalue weighted by Gasteiger charge is -2.13. The number of nitrogen functional groups attached to an aromatic ring is 1. The van der Waals surface area contributed by atoms with Crippen LogP contribution in [0.1, 0.15) is 25.7 Å². The number of halogens is 2. The number of nitrogens with one attached hydrogen (secondary N) is 1. The number of nitrogens with zero attached hydrogens (tertiary/aromatic N) is 1. The van der Waals surface area contributed by atoms with Crippen molar-refractivity contribution >= 4 is 5.82 Å². The van der Waals surface area contributed by atoms with E-state index < -0.39 is 11.6 Å². The van der Waals surface area contributed by atoms with Gasteiger partial charge in [-0.3, -0.25) is 0 Å². The maximum Gasteiger partial charge on any atom is 0.252 e. The Kier molecular flexibility index (Phi) is 3.19. The van der Waals surface area contributed by atoms with E-state index in [1.807, 2.05) is 0 Å². The molecule has 0 spiro atoms. The molecule has 1 aromatic heterocycles. The Morgan fingerprint density at radius 3 is 2.62 bits per heavy atom. The second-order valence-corrected chi connectivity index (χ2v) is 3.77. The van der Waals surface area contributed by atoms with Crippen molar-refractivity contribution in [2.75, 3.05) is 5.43 Å². The van der Waals surface area contributed by atoms with E-state index >= 15 is 0 Å². The molecule has 0 bridgehead atoms. The highest BCUT2D eigenvalue weighted by molar-refractivity contribution is 5.38. The van der Waals surface area contributed by atoms with Gasteiger partial charge in [0, 0.05) is 6.07 Å². The fourth-order valence-electron chi connectivity index (χ4n) is 1.80. The smallest absolute Gasteiger partial charge is 0.252 e. The summed E-state index contributed by atoms with van der Waals surface area (Å²) in [5, 5.41) is 0. The molecule has 16 heavy (non-hydrogen) atoms. The van der Waals surface area contributed by atoms with Gasteiger partial charge in [-0.2, -0.15) is 4.98 Å². The SMILES string of the molecule is NNc1nc(OC2CCCC2)c(F)cc1F. The normalized spacial score (nSPS) is 16.4. The number of nitrogens with two attached hydrogens (primary N) is 1. The van der Waals surface area contributed by atoms with Crippen molar-refractivity contribution < 1.29 is 13.5 Å². The number of hydrogen-bond donors (Lipinski definition) is 2. The number of hydrazine groups is 1. The highest BCUT2D eigenvalue weighted by atomic mass is 19.1. The Morgan fingerprint density at radius 2 is 2.00 bits per heavy atom. The number of ether oxygens (including phenoxy) is 1. The van der Waals surface area contributed by atoms with Gasteiger partial charge in [0.2, 0.25) is 0 Å². The van der Waals surface area contributed by atoms with E-state index in [2.05, 4.69) is 10.4 Å². The molecule has 0 aromatic carbocycles. The lowest BCUT2D eigenvalue weighted by atomic mass is 10.3. The quantitative estimate of drug-likeness (QED) is 0.614. The summed E-state index contributed by atoms with van der Waals surface area (Å²) in [5.41, 5.74) is 2.05. The number of hydrogen-bond acceptors (Lipinski definition) is 4. The Morgan fingerprint density at radius 1 is 1.31 bits per heavy atom. The highest BCUT2D eigenvalue weighted by Gasteiger charge is 2.20. The molecule has 1 aliphatic carbocycles. The molecule has 88 valence electrons. The molecule has 1 saturated carbocycles. The van der Waals surface area contributed by atoms with E-state index in [-0.39, 0.29) is 17.8 Å². The van der Waals surface area contributed by atoms with Gasteiger partial charge >= 0.3 is 0 Å². The number of anilines is 1. The van der Waals surface area contributed by atoms with Gasteiger partial charge in [-0.25, -0.2) is 14.6 Å². The maximum absolute atomic E-state index is 13.3. The average Bonchev–Trinajstić information content (AvgIpc) is 2.75. The van der Waals surface area contributed by atoms with E-state index in [0.717, 1.165) is 25.7 Å². The lowest BCUT2D eigenvalue weighted by molar-refractivity contribution is 0.191. The second kappa shape index (κ2) is 4.61. The first kappa shape index (κ1) is 11.1. The van der Waals surface area contributed by atoms with Crippen LogP contribution in [0.25, 0.3) is 0 Å². The molecule has 1 aromatic rings. The van der Waals surface area contributed by atoms with Crippen molar-refractivity contribution in [3.63, 3.8) is 0 Å². The van der Waals surface area contributed by atoms with Gasteiger partial charge in [0.15, 0.2) is 17.5 Å². The van der Waals surface area contributed by atoms with Gasteiger partial charge in [-0.1, -0.05) is 0 Å². The summed E-state index contributed by atoms with van der Waals surface area (Å²) in [4.78, 5) is 3.65. The Bertz CT molecular complexity index is 381. The monoisotopic (exact) mass is 229 g/mol. The molecule has 6 heteroatoms. The molecule has 0 amide bonds. The zero-order chi connectivity index (χ0) is 11.5. The summed E-state index contributed by atoms with van der Waals surface area (Å²) in [6.45, 7) is 0. The number of rotatable bonds is 3. The van der Waals surface area contributed by atoms with Gasteiger partial charge in [0.25, 0.3) is 5.88 Å². The van der Waals surface area contributed by atoms with Crippen LogP contribution in [0.4, 0.5) is 14.6 Å². The summed E-state index contributed by atoms with van der Waals surface area (Å²) < 4.78 is 31.7. The summed E-state index contributed by atoms with van der Waals surface area (Å²) in [6, 6.07) is 0.715. The third-order valence-electron chi connectivity index (χ3n) is 2.61. The lowest BCUT2D eigenvalue weighted by Crippen LogP contribution is -2.16. The first-order valence-corrected chi connectivity index (χ1v) is 5.20. The van der Waals surface area contributed by atoms with Crippen LogP contribution in [0.15, 0.2) is 6.07 Å². The van der Waals surface area contributed by atoms with Crippen molar-refractivity contribution in [1.82, 2.24) is 4.98 Å². The summed E-state index contributed by atoms with van der Waals surface area (Å²) >= 11 is 0. The van der Waals surface area contributed by atoms with E-state index in [0.29, 0.717) is 6.07 Å². The molecule has 0 atom stereocenters. The molecular weight excluding hydrogens is 216 g/mol. The summed E-state index contributed by atoms with van der Waals surface area (Å²) in [7, 11) is 0. The fourth-order valence-corrected chi connectivity index (χ4v) is 1.80. The van der Waals surface area contributed by atoms with Gasteiger partial charge in [0.1, 0.15) is 6.10 Å². The van der Waals surface area contributed by atoms with Gasteiger partial charge in [-0.05, 0) is 25.7 Å². The van der Waals surface area contributed by atoms with Gasteiger partial charge in [0.05, 0.1) is 0 Å². The van der Waals surface area contributed by atoms with Crippen molar-refractivity contribution in [3.8, 4) is 5.88 Å². The molecular formula is C10H13F2N3O. The van der Waals surface area contributed by atoms with E-state index in [1.54, 1.807) is 0 Å². The third kappa shape index (κ3) is 2.21. The maximum atomic E-state index is 13.3. The van der Waals surface area contributed by atoms with Crippen molar-refractivity contribution in [1.29, 1.82) is 0 Å². The Hall–Kier alpha value is -1.43.